The Kier molecular flexibility index (Phi) is 4.18. The van der Waals surface area contributed by atoms with Crippen LogP contribution in [0.25, 0.3) is 22.2 Å². The van der Waals surface area contributed by atoms with Crippen molar-refractivity contribution in [3.63, 3.8) is 0 Å². The molecule has 0 amide bonds. The average Bonchev–Trinajstić information content (AvgIpc) is 3.35. The molecule has 0 saturated carbocycles. The van der Waals surface area contributed by atoms with Crippen LogP contribution in [0.4, 0.5) is 0 Å². The van der Waals surface area contributed by atoms with Gasteiger partial charge in [-0.3, -0.25) is 0 Å². The van der Waals surface area contributed by atoms with Gasteiger partial charge in [-0.2, -0.15) is 0 Å². The van der Waals surface area contributed by atoms with E-state index in [1.54, 1.807) is 17.6 Å². The maximum Gasteiger partial charge on any atom is 0.257 e. The van der Waals surface area contributed by atoms with Gasteiger partial charge in [0, 0.05) is 7.05 Å². The first kappa shape index (κ1) is 16.1. The first-order valence-electron chi connectivity index (χ1n) is 7.61. The van der Waals surface area contributed by atoms with Gasteiger partial charge in [-0.1, -0.05) is 17.8 Å². The van der Waals surface area contributed by atoms with Crippen LogP contribution in [0, 0.1) is 6.92 Å². The van der Waals surface area contributed by atoms with E-state index in [2.05, 4.69) is 20.4 Å². The lowest BCUT2D eigenvalue weighted by Gasteiger charge is -2.06. The molecule has 0 aliphatic heterocycles. The molecular weight excluding hydrogens is 358 g/mol. The van der Waals surface area contributed by atoms with Gasteiger partial charge in [0.1, 0.15) is 5.76 Å². The summed E-state index contributed by atoms with van der Waals surface area (Å²) in [6.45, 7) is 3.91. The lowest BCUT2D eigenvalue weighted by molar-refractivity contribution is 0.509. The SMILES string of the molecule is Cc1occc1-c1nnc(S[C@@H](C)c2nnc(-c3cccs3)o2)n1C. The monoisotopic (exact) mass is 373 g/mol. The van der Waals surface area contributed by atoms with Crippen molar-refractivity contribution in [1.29, 1.82) is 0 Å². The fourth-order valence-electron chi connectivity index (χ4n) is 2.38. The zero-order valence-electron chi connectivity index (χ0n) is 13.8. The summed E-state index contributed by atoms with van der Waals surface area (Å²) in [4.78, 5) is 0.965. The van der Waals surface area contributed by atoms with Gasteiger partial charge < -0.3 is 13.4 Å². The third-order valence-corrected chi connectivity index (χ3v) is 5.72. The Labute approximate surface area is 152 Å². The number of hydrogen-bond acceptors (Lipinski definition) is 8. The Hall–Kier alpha value is -2.39. The van der Waals surface area contributed by atoms with Gasteiger partial charge in [0.05, 0.1) is 22.0 Å². The lowest BCUT2D eigenvalue weighted by atomic mass is 10.2. The first-order valence-corrected chi connectivity index (χ1v) is 9.37. The third-order valence-electron chi connectivity index (χ3n) is 3.74. The van der Waals surface area contributed by atoms with Gasteiger partial charge in [-0.15, -0.1) is 31.7 Å². The summed E-state index contributed by atoms with van der Waals surface area (Å²) in [7, 11) is 1.93. The standard InChI is InChI=1S/C16H15N5O2S2/c1-9-11(6-7-22-9)13-17-20-16(21(13)3)25-10(2)14-18-19-15(23-14)12-5-4-8-24-12/h4-8,10H,1-3H3/t10-/m0/s1. The molecule has 4 aromatic heterocycles. The van der Waals surface area contributed by atoms with E-state index < -0.39 is 0 Å². The molecule has 0 radical (unpaired) electrons. The van der Waals surface area contributed by atoms with Crippen molar-refractivity contribution in [2.75, 3.05) is 0 Å². The summed E-state index contributed by atoms with van der Waals surface area (Å²) >= 11 is 3.10. The van der Waals surface area contributed by atoms with Crippen LogP contribution in [0.1, 0.15) is 23.8 Å². The molecule has 0 aliphatic rings. The van der Waals surface area contributed by atoms with Gasteiger partial charge in [0.15, 0.2) is 11.0 Å². The van der Waals surface area contributed by atoms with Crippen LogP contribution in [0.2, 0.25) is 0 Å². The first-order chi connectivity index (χ1) is 12.1. The molecule has 7 nitrogen and oxygen atoms in total. The lowest BCUT2D eigenvalue weighted by Crippen LogP contribution is -1.97. The van der Waals surface area contributed by atoms with E-state index in [1.807, 2.05) is 49.0 Å². The fourth-order valence-corrected chi connectivity index (χ4v) is 3.87. The van der Waals surface area contributed by atoms with Crippen LogP contribution in [-0.4, -0.2) is 25.0 Å². The minimum Gasteiger partial charge on any atom is -0.469 e. The van der Waals surface area contributed by atoms with E-state index in [1.165, 1.54) is 11.8 Å². The molecule has 9 heteroatoms. The summed E-state index contributed by atoms with van der Waals surface area (Å²) in [5, 5.41) is 19.6. The second-order valence-corrected chi connectivity index (χ2v) is 7.69. The Morgan fingerprint density at radius 2 is 2.08 bits per heavy atom. The summed E-state index contributed by atoms with van der Waals surface area (Å²) in [6, 6.07) is 5.81. The zero-order valence-corrected chi connectivity index (χ0v) is 15.5. The van der Waals surface area contributed by atoms with Crippen LogP contribution in [0.3, 0.4) is 0 Å². The number of aromatic nitrogens is 5. The molecule has 0 aromatic carbocycles. The number of thioether (sulfide) groups is 1. The maximum absolute atomic E-state index is 5.79. The number of rotatable bonds is 5. The number of furan rings is 1. The molecule has 0 saturated heterocycles. The number of aryl methyl sites for hydroxylation is 1. The highest BCUT2D eigenvalue weighted by Crippen LogP contribution is 2.36. The summed E-state index contributed by atoms with van der Waals surface area (Å²) in [5.74, 6) is 2.70. The van der Waals surface area contributed by atoms with Gasteiger partial charge in [-0.05, 0) is 31.4 Å². The normalized spacial score (nSPS) is 12.6. The highest BCUT2D eigenvalue weighted by Gasteiger charge is 2.21. The van der Waals surface area contributed by atoms with Crippen molar-refractivity contribution in [3.8, 4) is 22.2 Å². The molecule has 1 atom stereocenters. The summed E-state index contributed by atoms with van der Waals surface area (Å²) in [5.41, 5.74) is 0.937. The van der Waals surface area contributed by atoms with Gasteiger partial charge in [-0.25, -0.2) is 0 Å². The molecule has 0 fully saturated rings. The zero-order chi connectivity index (χ0) is 17.4. The Morgan fingerprint density at radius 1 is 1.20 bits per heavy atom. The van der Waals surface area contributed by atoms with E-state index in [0.29, 0.717) is 11.8 Å². The van der Waals surface area contributed by atoms with Crippen molar-refractivity contribution in [2.24, 2.45) is 7.05 Å². The van der Waals surface area contributed by atoms with Crippen LogP contribution in [-0.2, 0) is 7.05 Å². The predicted octanol–water partition coefficient (Wildman–Crippen LogP) is 4.35. The smallest absolute Gasteiger partial charge is 0.257 e. The minimum absolute atomic E-state index is 0.0394. The maximum atomic E-state index is 5.79. The Bertz CT molecular complexity index is 986. The third kappa shape index (κ3) is 3.00. The van der Waals surface area contributed by atoms with Crippen molar-refractivity contribution in [2.45, 2.75) is 24.3 Å². The van der Waals surface area contributed by atoms with E-state index in [-0.39, 0.29) is 5.25 Å². The molecule has 0 aliphatic carbocycles. The van der Waals surface area contributed by atoms with Crippen molar-refractivity contribution >= 4 is 23.1 Å². The Balaban J connectivity index is 1.55. The van der Waals surface area contributed by atoms with Crippen molar-refractivity contribution in [3.05, 3.63) is 41.5 Å². The van der Waals surface area contributed by atoms with Crippen LogP contribution in [0.5, 0.6) is 0 Å². The minimum atomic E-state index is -0.0394. The summed E-state index contributed by atoms with van der Waals surface area (Å²) < 4.78 is 13.1. The fraction of sp³-hybridized carbons (Fsp3) is 0.250. The molecule has 4 rings (SSSR count). The van der Waals surface area contributed by atoms with Crippen LogP contribution >= 0.6 is 23.1 Å². The molecule has 4 aromatic rings. The van der Waals surface area contributed by atoms with Gasteiger partial charge in [0.2, 0.25) is 5.89 Å². The number of hydrogen-bond donors (Lipinski definition) is 0. The van der Waals surface area contributed by atoms with Crippen molar-refractivity contribution in [1.82, 2.24) is 25.0 Å². The average molecular weight is 373 g/mol. The van der Waals surface area contributed by atoms with Crippen molar-refractivity contribution < 1.29 is 8.83 Å². The van der Waals surface area contributed by atoms with Gasteiger partial charge in [0.25, 0.3) is 5.89 Å². The van der Waals surface area contributed by atoms with E-state index >= 15 is 0 Å². The molecule has 128 valence electrons. The van der Waals surface area contributed by atoms with E-state index in [0.717, 1.165) is 27.2 Å². The Morgan fingerprint density at radius 3 is 2.80 bits per heavy atom. The van der Waals surface area contributed by atoms with Gasteiger partial charge >= 0.3 is 0 Å². The predicted molar refractivity (Wildman–Crippen MR) is 95.3 cm³/mol. The summed E-state index contributed by atoms with van der Waals surface area (Å²) in [6.07, 6.45) is 1.65. The second-order valence-electron chi connectivity index (χ2n) is 5.44. The molecule has 0 bridgehead atoms. The van der Waals surface area contributed by atoms with Crippen LogP contribution in [0.15, 0.2) is 43.8 Å². The number of nitrogens with zero attached hydrogens (tertiary/aromatic N) is 5. The van der Waals surface area contributed by atoms with Crippen LogP contribution < -0.4 is 0 Å². The quantitative estimate of drug-likeness (QED) is 0.481. The van der Waals surface area contributed by atoms with E-state index in [4.69, 9.17) is 8.83 Å². The highest BCUT2D eigenvalue weighted by atomic mass is 32.2. The topological polar surface area (TPSA) is 82.8 Å². The molecular formula is C16H15N5O2S2. The molecule has 0 spiro atoms. The molecule has 4 heterocycles. The van der Waals surface area contributed by atoms with E-state index in [9.17, 15) is 0 Å². The second kappa shape index (κ2) is 6.49. The molecule has 0 unspecified atom stereocenters. The highest BCUT2D eigenvalue weighted by molar-refractivity contribution is 7.99. The molecule has 25 heavy (non-hydrogen) atoms. The number of thiophene rings is 1. The largest absolute Gasteiger partial charge is 0.469 e. The molecule has 0 N–H and O–H groups in total.